The van der Waals surface area contributed by atoms with Gasteiger partial charge in [-0.2, -0.15) is 0 Å². The Bertz CT molecular complexity index is 733. The van der Waals surface area contributed by atoms with E-state index in [-0.39, 0.29) is 5.78 Å². The number of carbonyl (C=O) groups excluding carboxylic acids is 1. The second-order valence-electron chi connectivity index (χ2n) is 7.27. The fraction of sp³-hybridized carbons (Fsp3) is 0.545. The third-order valence-corrected chi connectivity index (χ3v) is 5.72. The molecule has 0 radical (unpaired) electrons. The van der Waals surface area contributed by atoms with E-state index in [1.165, 1.54) is 0 Å². The third kappa shape index (κ3) is 5.27. The monoisotopic (exact) mass is 388 g/mol. The van der Waals surface area contributed by atoms with Crippen molar-refractivity contribution >= 4 is 38.3 Å². The number of hydrogen-bond donors (Lipinski definition) is 0. The number of ketones is 1. The molecule has 148 valence electrons. The van der Waals surface area contributed by atoms with Gasteiger partial charge in [-0.1, -0.05) is 27.4 Å². The summed E-state index contributed by atoms with van der Waals surface area (Å²) in [7, 11) is 0.521. The lowest BCUT2D eigenvalue weighted by Crippen LogP contribution is -2.11. The van der Waals surface area contributed by atoms with E-state index in [9.17, 15) is 4.79 Å². The highest BCUT2D eigenvalue weighted by Gasteiger charge is 2.35. The largest absolute Gasteiger partial charge is 0.359 e. The highest BCUT2D eigenvalue weighted by molar-refractivity contribution is 7.31. The number of rotatable bonds is 9. The molecule has 0 saturated heterocycles. The summed E-state index contributed by atoms with van der Waals surface area (Å²) >= 11 is 0. The molecule has 1 aliphatic carbocycles. The predicted octanol–water partition coefficient (Wildman–Crippen LogP) is 6.21. The fourth-order valence-corrected chi connectivity index (χ4v) is 4.31. The van der Waals surface area contributed by atoms with Crippen LogP contribution in [0.25, 0.3) is 11.6 Å². The van der Waals surface area contributed by atoms with Gasteiger partial charge in [-0.3, -0.25) is 4.79 Å². The van der Waals surface area contributed by atoms with Gasteiger partial charge in [0.05, 0.1) is 6.10 Å². The molecular formula is C22H33N2O2P. The van der Waals surface area contributed by atoms with Crippen LogP contribution < -0.4 is 0 Å². The Kier molecular flexibility index (Phi) is 8.19. The molecule has 0 aliphatic heterocycles. The van der Waals surface area contributed by atoms with Gasteiger partial charge < -0.3 is 9.09 Å². The van der Waals surface area contributed by atoms with Gasteiger partial charge in [0.15, 0.2) is 5.78 Å². The Labute approximate surface area is 165 Å². The van der Waals surface area contributed by atoms with Crippen molar-refractivity contribution < 1.29 is 9.32 Å². The minimum Gasteiger partial charge on any atom is -0.359 e. The van der Waals surface area contributed by atoms with Gasteiger partial charge in [0, 0.05) is 38.4 Å². The molecule has 4 atom stereocenters. The van der Waals surface area contributed by atoms with Crippen LogP contribution in [0.3, 0.4) is 0 Å². The molecule has 1 saturated carbocycles. The number of aromatic nitrogens is 1. The average Bonchev–Trinajstić information content (AvgIpc) is 3.17. The van der Waals surface area contributed by atoms with Gasteiger partial charge in [-0.25, -0.2) is 4.99 Å². The SMILES string of the molecule is C=C(CC)c1c(/C=C\C(C)=O)cn(C2CC(OPC)CC2C)c1/N=C\CC. The molecule has 1 aliphatic rings. The fourth-order valence-electron chi connectivity index (χ4n) is 3.79. The van der Waals surface area contributed by atoms with Gasteiger partial charge in [0.1, 0.15) is 5.82 Å². The van der Waals surface area contributed by atoms with Crippen LogP contribution >= 0.6 is 8.81 Å². The van der Waals surface area contributed by atoms with Crippen molar-refractivity contribution in [2.45, 2.75) is 65.5 Å². The smallest absolute Gasteiger partial charge is 0.152 e. The predicted molar refractivity (Wildman–Crippen MR) is 118 cm³/mol. The van der Waals surface area contributed by atoms with Crippen molar-refractivity contribution in [3.8, 4) is 0 Å². The molecule has 27 heavy (non-hydrogen) atoms. The molecule has 4 nitrogen and oxygen atoms in total. The van der Waals surface area contributed by atoms with E-state index in [1.54, 1.807) is 13.0 Å². The Morgan fingerprint density at radius 1 is 1.44 bits per heavy atom. The summed E-state index contributed by atoms with van der Waals surface area (Å²) < 4.78 is 8.23. The summed E-state index contributed by atoms with van der Waals surface area (Å²) in [5.74, 6) is 1.52. The number of nitrogens with zero attached hydrogens (tertiary/aromatic N) is 2. The minimum atomic E-state index is 0.0426. The van der Waals surface area contributed by atoms with Crippen LogP contribution in [0.2, 0.25) is 0 Å². The van der Waals surface area contributed by atoms with E-state index < -0.39 is 0 Å². The van der Waals surface area contributed by atoms with Crippen molar-refractivity contribution in [3.63, 3.8) is 0 Å². The van der Waals surface area contributed by atoms with Crippen molar-refractivity contribution in [2.75, 3.05) is 6.66 Å². The summed E-state index contributed by atoms with van der Waals surface area (Å²) in [6, 6.07) is 0.346. The highest BCUT2D eigenvalue weighted by Crippen LogP contribution is 2.44. The maximum atomic E-state index is 11.5. The zero-order chi connectivity index (χ0) is 20.0. The second-order valence-corrected chi connectivity index (χ2v) is 7.92. The quantitative estimate of drug-likeness (QED) is 0.287. The lowest BCUT2D eigenvalue weighted by molar-refractivity contribution is -0.112. The molecule has 2 rings (SSSR count). The molecule has 0 aromatic carbocycles. The molecule has 0 spiro atoms. The first-order valence-corrected chi connectivity index (χ1v) is 11.3. The van der Waals surface area contributed by atoms with Crippen LogP contribution in [0.4, 0.5) is 5.82 Å². The van der Waals surface area contributed by atoms with Crippen LogP contribution in [0, 0.1) is 5.92 Å². The van der Waals surface area contributed by atoms with Crippen molar-refractivity contribution in [1.29, 1.82) is 0 Å². The molecule has 1 fully saturated rings. The van der Waals surface area contributed by atoms with E-state index in [0.717, 1.165) is 48.2 Å². The van der Waals surface area contributed by atoms with Crippen LogP contribution in [0.1, 0.15) is 70.5 Å². The molecule has 1 heterocycles. The molecule has 4 unspecified atom stereocenters. The molecule has 5 heteroatoms. The molecule has 1 aromatic heterocycles. The summed E-state index contributed by atoms with van der Waals surface area (Å²) in [5.41, 5.74) is 3.14. The Morgan fingerprint density at radius 2 is 2.19 bits per heavy atom. The Hall–Kier alpha value is -1.51. The first kappa shape index (κ1) is 21.8. The molecule has 1 aromatic rings. The Morgan fingerprint density at radius 3 is 2.78 bits per heavy atom. The van der Waals surface area contributed by atoms with E-state index in [4.69, 9.17) is 9.52 Å². The maximum absolute atomic E-state index is 11.5. The van der Waals surface area contributed by atoms with Crippen LogP contribution in [-0.2, 0) is 9.32 Å². The first-order chi connectivity index (χ1) is 12.9. The number of allylic oxidation sites excluding steroid dienone is 2. The van der Waals surface area contributed by atoms with Gasteiger partial charge in [0.25, 0.3) is 0 Å². The summed E-state index contributed by atoms with van der Waals surface area (Å²) in [4.78, 5) is 16.3. The highest BCUT2D eigenvalue weighted by atomic mass is 31.1. The summed E-state index contributed by atoms with van der Waals surface area (Å²) in [6.07, 6.45) is 11.7. The average molecular weight is 388 g/mol. The Balaban J connectivity index is 2.56. The van der Waals surface area contributed by atoms with E-state index >= 15 is 0 Å². The van der Waals surface area contributed by atoms with E-state index in [0.29, 0.717) is 26.9 Å². The van der Waals surface area contributed by atoms with Crippen LogP contribution in [0.15, 0.2) is 23.8 Å². The number of hydrogen-bond acceptors (Lipinski definition) is 3. The van der Waals surface area contributed by atoms with Gasteiger partial charge in [-0.15, -0.1) is 0 Å². The second kappa shape index (κ2) is 10.1. The van der Waals surface area contributed by atoms with E-state index in [2.05, 4.69) is 44.8 Å². The van der Waals surface area contributed by atoms with Crippen molar-refractivity contribution in [2.24, 2.45) is 10.9 Å². The zero-order valence-electron chi connectivity index (χ0n) is 17.3. The topological polar surface area (TPSA) is 43.6 Å². The first-order valence-electron chi connectivity index (χ1n) is 9.89. The molecule has 0 N–H and O–H groups in total. The maximum Gasteiger partial charge on any atom is 0.152 e. The lowest BCUT2D eigenvalue weighted by Gasteiger charge is -2.20. The van der Waals surface area contributed by atoms with Crippen LogP contribution in [0.5, 0.6) is 0 Å². The lowest BCUT2D eigenvalue weighted by atomic mass is 10.0. The van der Waals surface area contributed by atoms with Gasteiger partial charge in [-0.05, 0) is 62.9 Å². The zero-order valence-corrected chi connectivity index (χ0v) is 18.3. The van der Waals surface area contributed by atoms with Crippen molar-refractivity contribution in [1.82, 2.24) is 4.57 Å². The molecule has 0 bridgehead atoms. The van der Waals surface area contributed by atoms with E-state index in [1.807, 2.05) is 12.3 Å². The summed E-state index contributed by atoms with van der Waals surface area (Å²) in [6.45, 7) is 14.4. The molecular weight excluding hydrogens is 355 g/mol. The number of aliphatic imine (C=N–C) groups is 1. The van der Waals surface area contributed by atoms with Gasteiger partial charge >= 0.3 is 0 Å². The minimum absolute atomic E-state index is 0.0426. The normalized spacial score (nSPS) is 23.4. The third-order valence-electron chi connectivity index (χ3n) is 5.15. The summed E-state index contributed by atoms with van der Waals surface area (Å²) in [5, 5.41) is 0. The van der Waals surface area contributed by atoms with Crippen LogP contribution in [-0.4, -0.2) is 29.3 Å². The standard InChI is InChI=1S/C22H33N2O2P/c1-7-11-23-22-21(15(3)8-2)18(10-9-17(5)25)14-24(22)20-13-19(26-27-6)12-16(20)4/h9-11,14,16,19-20,27H,3,7-8,12-13H2,1-2,4-6H3/b10-9-,23-11-. The van der Waals surface area contributed by atoms with Gasteiger partial charge in [0.2, 0.25) is 0 Å². The number of carbonyl (C=O) groups is 1. The van der Waals surface area contributed by atoms with Crippen molar-refractivity contribution in [3.05, 3.63) is 30.0 Å². The molecule has 0 amide bonds.